The number of carbonyl (C=O) groups is 1. The highest BCUT2D eigenvalue weighted by molar-refractivity contribution is 7.99. The van der Waals surface area contributed by atoms with Gasteiger partial charge in [-0.05, 0) is 25.1 Å². The summed E-state index contributed by atoms with van der Waals surface area (Å²) in [5, 5.41) is 16.3. The van der Waals surface area contributed by atoms with E-state index in [4.69, 9.17) is 0 Å². The molecular weight excluding hydrogens is 415 g/mol. The van der Waals surface area contributed by atoms with Gasteiger partial charge in [0, 0.05) is 18.0 Å². The van der Waals surface area contributed by atoms with Crippen molar-refractivity contribution in [2.75, 3.05) is 11.1 Å². The Hall–Kier alpha value is -3.72. The number of aryl methyl sites for hydroxylation is 1. The van der Waals surface area contributed by atoms with E-state index >= 15 is 0 Å². The van der Waals surface area contributed by atoms with Crippen LogP contribution in [0.15, 0.2) is 72.1 Å². The lowest BCUT2D eigenvalue weighted by atomic mass is 10.1. The van der Waals surface area contributed by atoms with E-state index in [0.717, 1.165) is 16.8 Å². The number of hydrogen-bond acceptors (Lipinski definition) is 5. The van der Waals surface area contributed by atoms with Gasteiger partial charge in [-0.25, -0.2) is 8.91 Å². The zero-order chi connectivity index (χ0) is 21.4. The summed E-state index contributed by atoms with van der Waals surface area (Å²) in [7, 11) is 0. The number of hydrogen-bond donors (Lipinski definition) is 1. The molecule has 0 spiro atoms. The third-order valence-corrected chi connectivity index (χ3v) is 5.76. The van der Waals surface area contributed by atoms with Gasteiger partial charge in [-0.15, -0.1) is 10.2 Å². The predicted molar refractivity (Wildman–Crippen MR) is 118 cm³/mol. The highest BCUT2D eigenvalue weighted by Gasteiger charge is 2.14. The maximum atomic E-state index is 13.7. The standard InChI is InChI=1S/C22H17FN6OS/c1-14-6-8-15(9-7-14)18-12-19-21-25-26-22(28(21)10-11-29(19)27-18)31-13-20(30)24-17-5-3-2-4-16(17)23/h2-12H,13H2,1H3,(H,24,30). The van der Waals surface area contributed by atoms with E-state index in [2.05, 4.69) is 20.6 Å². The van der Waals surface area contributed by atoms with E-state index in [1.54, 1.807) is 16.6 Å². The van der Waals surface area contributed by atoms with Crippen LogP contribution in [0.4, 0.5) is 10.1 Å². The van der Waals surface area contributed by atoms with Crippen molar-refractivity contribution >= 4 is 34.5 Å². The van der Waals surface area contributed by atoms with E-state index < -0.39 is 5.82 Å². The molecule has 0 unspecified atom stereocenters. The number of fused-ring (bicyclic) bond motifs is 3. The molecule has 154 valence electrons. The fourth-order valence-electron chi connectivity index (χ4n) is 3.23. The van der Waals surface area contributed by atoms with Gasteiger partial charge in [-0.2, -0.15) is 5.10 Å². The van der Waals surface area contributed by atoms with Crippen LogP contribution in [0.25, 0.3) is 22.4 Å². The fraction of sp³-hybridized carbons (Fsp3) is 0.0909. The molecular formula is C22H17FN6OS. The number of aromatic nitrogens is 5. The molecule has 0 aliphatic carbocycles. The molecule has 5 aromatic rings. The number of amides is 1. The molecule has 1 N–H and O–H groups in total. The number of rotatable bonds is 5. The van der Waals surface area contributed by atoms with Crippen LogP contribution in [0.3, 0.4) is 0 Å². The van der Waals surface area contributed by atoms with Crippen molar-refractivity contribution in [1.82, 2.24) is 24.2 Å². The van der Waals surface area contributed by atoms with Crippen LogP contribution in [-0.4, -0.2) is 35.9 Å². The van der Waals surface area contributed by atoms with E-state index in [9.17, 15) is 9.18 Å². The van der Waals surface area contributed by atoms with Gasteiger partial charge < -0.3 is 5.32 Å². The van der Waals surface area contributed by atoms with Crippen LogP contribution in [0.2, 0.25) is 0 Å². The van der Waals surface area contributed by atoms with Crippen molar-refractivity contribution in [1.29, 1.82) is 0 Å². The number of thioether (sulfide) groups is 1. The quantitative estimate of drug-likeness (QED) is 0.421. The molecule has 0 saturated carbocycles. The minimum atomic E-state index is -0.471. The van der Waals surface area contributed by atoms with Crippen LogP contribution in [0.5, 0.6) is 0 Å². The lowest BCUT2D eigenvalue weighted by Gasteiger charge is -2.05. The van der Waals surface area contributed by atoms with Crippen LogP contribution in [0.1, 0.15) is 5.56 Å². The third kappa shape index (κ3) is 3.75. The summed E-state index contributed by atoms with van der Waals surface area (Å²) < 4.78 is 17.3. The second-order valence-electron chi connectivity index (χ2n) is 7.02. The zero-order valence-electron chi connectivity index (χ0n) is 16.5. The Kier molecular flexibility index (Phi) is 4.87. The highest BCUT2D eigenvalue weighted by Crippen LogP contribution is 2.24. The lowest BCUT2D eigenvalue weighted by molar-refractivity contribution is -0.113. The van der Waals surface area contributed by atoms with Gasteiger partial charge in [0.25, 0.3) is 0 Å². The molecule has 3 aromatic heterocycles. The maximum absolute atomic E-state index is 13.7. The van der Waals surface area contributed by atoms with Crippen molar-refractivity contribution in [3.05, 3.63) is 78.4 Å². The van der Waals surface area contributed by atoms with Crippen molar-refractivity contribution in [3.8, 4) is 11.3 Å². The Labute approximate surface area is 180 Å². The smallest absolute Gasteiger partial charge is 0.234 e. The summed E-state index contributed by atoms with van der Waals surface area (Å²) in [6, 6.07) is 16.2. The highest BCUT2D eigenvalue weighted by atomic mass is 32.2. The van der Waals surface area contributed by atoms with Crippen molar-refractivity contribution in [2.24, 2.45) is 0 Å². The average Bonchev–Trinajstić information content (AvgIpc) is 3.38. The Morgan fingerprint density at radius 2 is 1.90 bits per heavy atom. The second-order valence-corrected chi connectivity index (χ2v) is 7.96. The van der Waals surface area contributed by atoms with Crippen molar-refractivity contribution in [3.63, 3.8) is 0 Å². The summed E-state index contributed by atoms with van der Waals surface area (Å²) in [6.07, 6.45) is 3.64. The number of nitrogens with zero attached hydrogens (tertiary/aromatic N) is 5. The molecule has 0 atom stereocenters. The summed E-state index contributed by atoms with van der Waals surface area (Å²) >= 11 is 1.23. The first-order valence-corrected chi connectivity index (χ1v) is 10.5. The number of carbonyl (C=O) groups excluding carboxylic acids is 1. The predicted octanol–water partition coefficient (Wildman–Crippen LogP) is 4.22. The van der Waals surface area contributed by atoms with Gasteiger partial charge in [0.2, 0.25) is 5.91 Å². The molecule has 0 aliphatic heterocycles. The molecule has 0 bridgehead atoms. The summed E-state index contributed by atoms with van der Waals surface area (Å²) in [5.74, 6) is -0.714. The van der Waals surface area contributed by atoms with Crippen LogP contribution >= 0.6 is 11.8 Å². The van der Waals surface area contributed by atoms with Crippen molar-refractivity contribution in [2.45, 2.75) is 12.1 Å². The normalized spacial score (nSPS) is 11.3. The fourth-order valence-corrected chi connectivity index (χ4v) is 3.95. The summed E-state index contributed by atoms with van der Waals surface area (Å²) in [5.41, 5.74) is 4.66. The van der Waals surface area contributed by atoms with E-state index in [1.165, 1.54) is 29.5 Å². The molecule has 31 heavy (non-hydrogen) atoms. The monoisotopic (exact) mass is 432 g/mol. The largest absolute Gasteiger partial charge is 0.323 e. The van der Waals surface area contributed by atoms with Gasteiger partial charge in [0.1, 0.15) is 11.3 Å². The molecule has 5 rings (SSSR count). The van der Waals surface area contributed by atoms with Crippen LogP contribution < -0.4 is 5.32 Å². The lowest BCUT2D eigenvalue weighted by Crippen LogP contribution is -2.15. The minimum absolute atomic E-state index is 0.0776. The van der Waals surface area contributed by atoms with Crippen LogP contribution in [-0.2, 0) is 4.79 Å². The summed E-state index contributed by atoms with van der Waals surface area (Å²) in [4.78, 5) is 12.2. The number of nitrogens with one attached hydrogen (secondary N) is 1. The van der Waals surface area contributed by atoms with Gasteiger partial charge in [-0.1, -0.05) is 53.7 Å². The third-order valence-electron chi connectivity index (χ3n) is 4.81. The Balaban J connectivity index is 1.38. The van der Waals surface area contributed by atoms with Gasteiger partial charge in [0.05, 0.1) is 17.1 Å². The first-order valence-electron chi connectivity index (χ1n) is 9.56. The molecule has 0 saturated heterocycles. The SMILES string of the molecule is Cc1ccc(-c2cc3c4nnc(SCC(=O)Nc5ccccc5F)n4ccn3n2)cc1. The van der Waals surface area contributed by atoms with E-state index in [1.807, 2.05) is 54.0 Å². The Morgan fingerprint density at radius 1 is 1.10 bits per heavy atom. The molecule has 0 fully saturated rings. The molecule has 9 heteroatoms. The number of para-hydroxylation sites is 1. The van der Waals surface area contributed by atoms with Gasteiger partial charge >= 0.3 is 0 Å². The Bertz CT molecular complexity index is 1410. The minimum Gasteiger partial charge on any atom is -0.323 e. The number of halogens is 1. The maximum Gasteiger partial charge on any atom is 0.234 e. The first-order chi connectivity index (χ1) is 15.1. The molecule has 0 radical (unpaired) electrons. The topological polar surface area (TPSA) is 76.6 Å². The van der Waals surface area contributed by atoms with Crippen LogP contribution in [0, 0.1) is 12.7 Å². The van der Waals surface area contributed by atoms with Gasteiger partial charge in [0.15, 0.2) is 10.8 Å². The number of benzene rings is 2. The zero-order valence-corrected chi connectivity index (χ0v) is 17.3. The average molecular weight is 432 g/mol. The second kappa shape index (κ2) is 7.84. The van der Waals surface area contributed by atoms with E-state index in [-0.39, 0.29) is 17.3 Å². The number of anilines is 1. The molecule has 1 amide bonds. The molecule has 2 aromatic carbocycles. The summed E-state index contributed by atoms with van der Waals surface area (Å²) in [6.45, 7) is 2.04. The van der Waals surface area contributed by atoms with E-state index in [0.29, 0.717) is 10.8 Å². The first kappa shape index (κ1) is 19.3. The Morgan fingerprint density at radius 3 is 2.71 bits per heavy atom. The molecule has 7 nitrogen and oxygen atoms in total. The van der Waals surface area contributed by atoms with Crippen molar-refractivity contribution < 1.29 is 9.18 Å². The molecule has 0 aliphatic rings. The molecule has 3 heterocycles. The van der Waals surface area contributed by atoms with Gasteiger partial charge in [-0.3, -0.25) is 9.20 Å².